The molecule has 0 aromatic heterocycles. The summed E-state index contributed by atoms with van der Waals surface area (Å²) < 4.78 is 0. The molecule has 2 aromatic rings. The van der Waals surface area contributed by atoms with Gasteiger partial charge in [-0.1, -0.05) is 49.7 Å². The average Bonchev–Trinajstić information content (AvgIpc) is 2.37. The van der Waals surface area contributed by atoms with Crippen LogP contribution in [0.4, 0.5) is 11.4 Å². The van der Waals surface area contributed by atoms with Gasteiger partial charge in [0.25, 0.3) is 0 Å². The standard InChI is InChI=1S/C18H24N2/c1-13-6-5-7-15(10-13)18(3,4)12-20-17-9-8-14(2)11-16(17)19/h5-11,20H,12,19H2,1-4H3. The number of hydrogen-bond acceptors (Lipinski definition) is 2. The maximum atomic E-state index is 6.05. The van der Waals surface area contributed by atoms with Gasteiger partial charge in [0, 0.05) is 12.0 Å². The maximum absolute atomic E-state index is 6.05. The minimum absolute atomic E-state index is 0.0589. The third-order valence-electron chi connectivity index (χ3n) is 3.73. The number of rotatable bonds is 4. The van der Waals surface area contributed by atoms with E-state index in [1.807, 2.05) is 6.07 Å². The summed E-state index contributed by atoms with van der Waals surface area (Å²) in [5, 5.41) is 3.47. The second-order valence-electron chi connectivity index (χ2n) is 6.20. The van der Waals surface area contributed by atoms with E-state index in [0.29, 0.717) is 0 Å². The molecule has 0 bridgehead atoms. The van der Waals surface area contributed by atoms with E-state index < -0.39 is 0 Å². The number of nitrogens with one attached hydrogen (secondary N) is 1. The first-order valence-electron chi connectivity index (χ1n) is 7.06. The molecule has 2 aromatic carbocycles. The molecule has 0 saturated carbocycles. The van der Waals surface area contributed by atoms with Crippen molar-refractivity contribution < 1.29 is 0 Å². The molecule has 2 heteroatoms. The lowest BCUT2D eigenvalue weighted by Gasteiger charge is -2.27. The van der Waals surface area contributed by atoms with Crippen LogP contribution in [0.5, 0.6) is 0 Å². The number of nitrogen functional groups attached to an aromatic ring is 1. The van der Waals surface area contributed by atoms with Crippen LogP contribution in [0.3, 0.4) is 0 Å². The van der Waals surface area contributed by atoms with Crippen molar-refractivity contribution in [3.8, 4) is 0 Å². The van der Waals surface area contributed by atoms with Gasteiger partial charge in [0.1, 0.15) is 0 Å². The highest BCUT2D eigenvalue weighted by molar-refractivity contribution is 5.67. The van der Waals surface area contributed by atoms with Crippen LogP contribution in [-0.2, 0) is 5.41 Å². The molecular formula is C18H24N2. The van der Waals surface area contributed by atoms with Crippen molar-refractivity contribution in [3.63, 3.8) is 0 Å². The number of aryl methyl sites for hydroxylation is 2. The van der Waals surface area contributed by atoms with Crippen LogP contribution in [0.1, 0.15) is 30.5 Å². The van der Waals surface area contributed by atoms with E-state index in [1.54, 1.807) is 0 Å². The Morgan fingerprint density at radius 1 is 1.00 bits per heavy atom. The van der Waals surface area contributed by atoms with Gasteiger partial charge in [0.15, 0.2) is 0 Å². The Labute approximate surface area is 122 Å². The lowest BCUT2D eigenvalue weighted by molar-refractivity contribution is 0.557. The first-order chi connectivity index (χ1) is 9.38. The summed E-state index contributed by atoms with van der Waals surface area (Å²) in [5.41, 5.74) is 11.8. The summed E-state index contributed by atoms with van der Waals surface area (Å²) in [5.74, 6) is 0. The summed E-state index contributed by atoms with van der Waals surface area (Å²) in [6.45, 7) is 9.53. The van der Waals surface area contributed by atoms with Crippen LogP contribution < -0.4 is 11.1 Å². The zero-order valence-electron chi connectivity index (χ0n) is 12.8. The van der Waals surface area contributed by atoms with Crippen LogP contribution in [-0.4, -0.2) is 6.54 Å². The average molecular weight is 268 g/mol. The van der Waals surface area contributed by atoms with Crippen LogP contribution in [0.25, 0.3) is 0 Å². The minimum atomic E-state index is 0.0589. The fourth-order valence-corrected chi connectivity index (χ4v) is 2.33. The molecule has 0 aliphatic carbocycles. The molecule has 0 atom stereocenters. The van der Waals surface area contributed by atoms with Crippen molar-refractivity contribution >= 4 is 11.4 Å². The summed E-state index contributed by atoms with van der Waals surface area (Å²) in [4.78, 5) is 0. The Bertz CT molecular complexity index is 600. The van der Waals surface area contributed by atoms with Gasteiger partial charge < -0.3 is 11.1 Å². The minimum Gasteiger partial charge on any atom is -0.397 e. The summed E-state index contributed by atoms with van der Waals surface area (Å²) in [6.07, 6.45) is 0. The molecule has 20 heavy (non-hydrogen) atoms. The topological polar surface area (TPSA) is 38.0 Å². The molecule has 0 aliphatic rings. The van der Waals surface area contributed by atoms with Crippen LogP contribution in [0.15, 0.2) is 42.5 Å². The molecule has 106 valence electrons. The number of anilines is 2. The van der Waals surface area contributed by atoms with E-state index in [2.05, 4.69) is 69.4 Å². The van der Waals surface area contributed by atoms with Gasteiger partial charge in [0.2, 0.25) is 0 Å². The SMILES string of the molecule is Cc1cccc(C(C)(C)CNc2ccc(C)cc2N)c1. The predicted molar refractivity (Wildman–Crippen MR) is 88.3 cm³/mol. The highest BCUT2D eigenvalue weighted by Gasteiger charge is 2.20. The van der Waals surface area contributed by atoms with Crippen molar-refractivity contribution in [1.29, 1.82) is 0 Å². The Morgan fingerprint density at radius 2 is 1.70 bits per heavy atom. The van der Waals surface area contributed by atoms with Gasteiger partial charge in [0.05, 0.1) is 11.4 Å². The molecule has 2 rings (SSSR count). The molecule has 0 radical (unpaired) electrons. The maximum Gasteiger partial charge on any atom is 0.0574 e. The van der Waals surface area contributed by atoms with Crippen molar-refractivity contribution in [2.45, 2.75) is 33.1 Å². The lowest BCUT2D eigenvalue weighted by Crippen LogP contribution is -2.28. The Morgan fingerprint density at radius 3 is 2.35 bits per heavy atom. The fourth-order valence-electron chi connectivity index (χ4n) is 2.33. The molecule has 0 heterocycles. The molecule has 0 aliphatic heterocycles. The monoisotopic (exact) mass is 268 g/mol. The second-order valence-corrected chi connectivity index (χ2v) is 6.20. The zero-order chi connectivity index (χ0) is 14.8. The smallest absolute Gasteiger partial charge is 0.0574 e. The molecule has 0 fully saturated rings. The van der Waals surface area contributed by atoms with E-state index in [1.165, 1.54) is 16.7 Å². The van der Waals surface area contributed by atoms with Crippen LogP contribution in [0.2, 0.25) is 0 Å². The summed E-state index contributed by atoms with van der Waals surface area (Å²) in [6, 6.07) is 14.8. The van der Waals surface area contributed by atoms with Crippen molar-refractivity contribution in [2.75, 3.05) is 17.6 Å². The van der Waals surface area contributed by atoms with Gasteiger partial charge in [-0.3, -0.25) is 0 Å². The van der Waals surface area contributed by atoms with E-state index in [-0.39, 0.29) is 5.41 Å². The van der Waals surface area contributed by atoms with E-state index in [9.17, 15) is 0 Å². The lowest BCUT2D eigenvalue weighted by atomic mass is 9.84. The predicted octanol–water partition coefficient (Wildman–Crippen LogP) is 4.28. The Hall–Kier alpha value is -1.96. The quantitative estimate of drug-likeness (QED) is 0.812. The van der Waals surface area contributed by atoms with Gasteiger partial charge in [-0.2, -0.15) is 0 Å². The number of hydrogen-bond donors (Lipinski definition) is 2. The molecule has 0 amide bonds. The molecule has 0 unspecified atom stereocenters. The van der Waals surface area contributed by atoms with Gasteiger partial charge in [-0.25, -0.2) is 0 Å². The fraction of sp³-hybridized carbons (Fsp3) is 0.333. The van der Waals surface area contributed by atoms with Gasteiger partial charge in [-0.15, -0.1) is 0 Å². The van der Waals surface area contributed by atoms with Gasteiger partial charge in [-0.05, 0) is 37.1 Å². The van der Waals surface area contributed by atoms with Crippen LogP contribution >= 0.6 is 0 Å². The largest absolute Gasteiger partial charge is 0.397 e. The number of nitrogens with two attached hydrogens (primary N) is 1. The highest BCUT2D eigenvalue weighted by Crippen LogP contribution is 2.26. The summed E-state index contributed by atoms with van der Waals surface area (Å²) in [7, 11) is 0. The number of benzene rings is 2. The molecule has 0 spiro atoms. The molecule has 3 N–H and O–H groups in total. The third kappa shape index (κ3) is 3.32. The van der Waals surface area contributed by atoms with Crippen molar-refractivity contribution in [3.05, 3.63) is 59.2 Å². The van der Waals surface area contributed by atoms with Gasteiger partial charge >= 0.3 is 0 Å². The third-order valence-corrected chi connectivity index (χ3v) is 3.73. The van der Waals surface area contributed by atoms with Crippen molar-refractivity contribution in [2.24, 2.45) is 0 Å². The van der Waals surface area contributed by atoms with E-state index >= 15 is 0 Å². The Kier molecular flexibility index (Phi) is 4.03. The van der Waals surface area contributed by atoms with Crippen LogP contribution in [0, 0.1) is 13.8 Å². The first kappa shape index (κ1) is 14.4. The molecular weight excluding hydrogens is 244 g/mol. The molecule has 0 saturated heterocycles. The first-order valence-corrected chi connectivity index (χ1v) is 7.06. The molecule has 2 nitrogen and oxygen atoms in total. The van der Waals surface area contributed by atoms with E-state index in [0.717, 1.165) is 17.9 Å². The summed E-state index contributed by atoms with van der Waals surface area (Å²) >= 11 is 0. The zero-order valence-corrected chi connectivity index (χ0v) is 12.8. The second kappa shape index (κ2) is 5.58. The van der Waals surface area contributed by atoms with Crippen molar-refractivity contribution in [1.82, 2.24) is 0 Å². The normalized spacial score (nSPS) is 11.4. The highest BCUT2D eigenvalue weighted by atomic mass is 14.9. The van der Waals surface area contributed by atoms with E-state index in [4.69, 9.17) is 5.73 Å². The Balaban J connectivity index is 2.12.